The minimum Gasteiger partial charge on any atom is -0.338 e. The Bertz CT molecular complexity index is 831. The lowest BCUT2D eigenvalue weighted by molar-refractivity contribution is -0.132. The molecule has 1 heterocycles. The first-order valence-electron chi connectivity index (χ1n) is 9.91. The van der Waals surface area contributed by atoms with Gasteiger partial charge < -0.3 is 21.3 Å². The van der Waals surface area contributed by atoms with Gasteiger partial charge in [0, 0.05) is 37.3 Å². The van der Waals surface area contributed by atoms with Crippen molar-refractivity contribution in [1.29, 1.82) is 0 Å². The van der Waals surface area contributed by atoms with Crippen LogP contribution in [-0.2, 0) is 11.2 Å². The topological polar surface area (TPSA) is 87.5 Å². The number of urea groups is 1. The van der Waals surface area contributed by atoms with Crippen molar-refractivity contribution in [2.75, 3.05) is 18.4 Å². The fourth-order valence-electron chi connectivity index (χ4n) is 3.64. The van der Waals surface area contributed by atoms with Crippen LogP contribution in [0, 0.1) is 5.82 Å². The van der Waals surface area contributed by atoms with Crippen LogP contribution in [0.2, 0.25) is 0 Å². The molecule has 1 fully saturated rings. The van der Waals surface area contributed by atoms with Crippen LogP contribution in [0.15, 0.2) is 54.6 Å². The lowest BCUT2D eigenvalue weighted by Gasteiger charge is -2.26. The number of para-hydroxylation sites is 1. The first-order chi connectivity index (χ1) is 14.0. The van der Waals surface area contributed by atoms with Crippen molar-refractivity contribution in [2.24, 2.45) is 5.73 Å². The Morgan fingerprint density at radius 1 is 1.14 bits per heavy atom. The Balaban J connectivity index is 1.47. The van der Waals surface area contributed by atoms with E-state index in [1.807, 2.05) is 30.3 Å². The highest BCUT2D eigenvalue weighted by molar-refractivity contribution is 5.89. The summed E-state index contributed by atoms with van der Waals surface area (Å²) in [6, 6.07) is 14.9. The number of likely N-dealkylation sites (tertiary alicyclic amines) is 1. The van der Waals surface area contributed by atoms with E-state index in [0.29, 0.717) is 30.8 Å². The molecule has 0 aliphatic carbocycles. The third-order valence-electron chi connectivity index (χ3n) is 5.10. The van der Waals surface area contributed by atoms with Gasteiger partial charge in [-0.2, -0.15) is 0 Å². The molecule has 0 saturated carbocycles. The highest BCUT2D eigenvalue weighted by atomic mass is 19.1. The number of amides is 3. The summed E-state index contributed by atoms with van der Waals surface area (Å²) in [5, 5.41) is 5.60. The molecule has 2 aromatic rings. The van der Waals surface area contributed by atoms with Crippen molar-refractivity contribution in [2.45, 2.75) is 37.8 Å². The standard InChI is InChI=1S/C22H27FN4O2/c23-20-11-5-4-7-16(20)13-17(24)14-21(28)27-12-6-10-19(27)15-25-22(29)26-18-8-2-1-3-9-18/h1-5,7-9,11,17,19H,6,10,12-15,24H2,(H2,25,26,29)/t17-,19+/m1/s1. The summed E-state index contributed by atoms with van der Waals surface area (Å²) >= 11 is 0. The second-order valence-electron chi connectivity index (χ2n) is 7.34. The number of nitrogens with one attached hydrogen (secondary N) is 2. The number of rotatable bonds is 7. The van der Waals surface area contributed by atoms with Gasteiger partial charge in [0.1, 0.15) is 5.82 Å². The van der Waals surface area contributed by atoms with Crippen molar-refractivity contribution in [1.82, 2.24) is 10.2 Å². The summed E-state index contributed by atoms with van der Waals surface area (Å²) in [6.45, 7) is 1.03. The van der Waals surface area contributed by atoms with Gasteiger partial charge in [-0.1, -0.05) is 36.4 Å². The van der Waals surface area contributed by atoms with Crippen molar-refractivity contribution < 1.29 is 14.0 Å². The maximum absolute atomic E-state index is 13.8. The second-order valence-corrected chi connectivity index (χ2v) is 7.34. The van der Waals surface area contributed by atoms with Gasteiger partial charge in [-0.3, -0.25) is 4.79 Å². The number of hydrogen-bond donors (Lipinski definition) is 3. The Labute approximate surface area is 170 Å². The lowest BCUT2D eigenvalue weighted by atomic mass is 10.0. The summed E-state index contributed by atoms with van der Waals surface area (Å²) < 4.78 is 13.8. The van der Waals surface area contributed by atoms with Crippen LogP contribution in [0.4, 0.5) is 14.9 Å². The summed E-state index contributed by atoms with van der Waals surface area (Å²) in [7, 11) is 0. The molecule has 0 radical (unpaired) electrons. The number of nitrogens with zero attached hydrogens (tertiary/aromatic N) is 1. The Morgan fingerprint density at radius 3 is 2.62 bits per heavy atom. The zero-order valence-corrected chi connectivity index (χ0v) is 16.3. The van der Waals surface area contributed by atoms with E-state index in [0.717, 1.165) is 12.8 Å². The predicted molar refractivity (Wildman–Crippen MR) is 111 cm³/mol. The van der Waals surface area contributed by atoms with Gasteiger partial charge in [0.25, 0.3) is 0 Å². The molecule has 154 valence electrons. The first-order valence-corrected chi connectivity index (χ1v) is 9.91. The molecule has 1 aliphatic rings. The third kappa shape index (κ3) is 6.02. The molecule has 29 heavy (non-hydrogen) atoms. The van der Waals surface area contributed by atoms with E-state index in [-0.39, 0.29) is 30.2 Å². The molecular formula is C22H27FN4O2. The smallest absolute Gasteiger partial charge is 0.319 e. The normalized spacial score (nSPS) is 17.0. The number of benzene rings is 2. The average molecular weight is 398 g/mol. The zero-order valence-electron chi connectivity index (χ0n) is 16.3. The van der Waals surface area contributed by atoms with Crippen LogP contribution >= 0.6 is 0 Å². The molecule has 0 bridgehead atoms. The van der Waals surface area contributed by atoms with Gasteiger partial charge in [-0.25, -0.2) is 9.18 Å². The van der Waals surface area contributed by atoms with Gasteiger partial charge in [0.2, 0.25) is 5.91 Å². The van der Waals surface area contributed by atoms with Crippen LogP contribution in [0.3, 0.4) is 0 Å². The molecule has 0 spiro atoms. The van der Waals surface area contributed by atoms with Gasteiger partial charge in [-0.05, 0) is 43.0 Å². The van der Waals surface area contributed by atoms with E-state index < -0.39 is 6.04 Å². The average Bonchev–Trinajstić information content (AvgIpc) is 3.18. The number of hydrogen-bond acceptors (Lipinski definition) is 3. The van der Waals surface area contributed by atoms with Gasteiger partial charge in [0.05, 0.1) is 0 Å². The number of halogens is 1. The predicted octanol–water partition coefficient (Wildman–Crippen LogP) is 2.90. The van der Waals surface area contributed by atoms with Gasteiger partial charge >= 0.3 is 6.03 Å². The van der Waals surface area contributed by atoms with Crippen molar-refractivity contribution >= 4 is 17.6 Å². The van der Waals surface area contributed by atoms with E-state index in [2.05, 4.69) is 10.6 Å². The van der Waals surface area contributed by atoms with Crippen LogP contribution in [0.5, 0.6) is 0 Å². The Kier molecular flexibility index (Phi) is 7.19. The van der Waals surface area contributed by atoms with E-state index in [4.69, 9.17) is 5.73 Å². The Hall–Kier alpha value is -2.93. The van der Waals surface area contributed by atoms with E-state index >= 15 is 0 Å². The SMILES string of the molecule is N[C@@H](CC(=O)N1CCC[C@H]1CNC(=O)Nc1ccccc1)Cc1ccccc1F. The Morgan fingerprint density at radius 2 is 1.86 bits per heavy atom. The molecular weight excluding hydrogens is 371 g/mol. The fourth-order valence-corrected chi connectivity index (χ4v) is 3.64. The molecule has 1 saturated heterocycles. The minimum atomic E-state index is -0.449. The first kappa shape index (κ1) is 20.8. The number of carbonyl (C=O) groups is 2. The highest BCUT2D eigenvalue weighted by Crippen LogP contribution is 2.19. The molecule has 7 heteroatoms. The van der Waals surface area contributed by atoms with Crippen LogP contribution in [0.25, 0.3) is 0 Å². The monoisotopic (exact) mass is 398 g/mol. The molecule has 4 N–H and O–H groups in total. The minimum absolute atomic E-state index is 0.0512. The largest absolute Gasteiger partial charge is 0.338 e. The number of nitrogens with two attached hydrogens (primary N) is 1. The molecule has 3 amide bonds. The third-order valence-corrected chi connectivity index (χ3v) is 5.10. The second kappa shape index (κ2) is 10.0. The van der Waals surface area contributed by atoms with E-state index in [1.165, 1.54) is 6.07 Å². The molecule has 2 aromatic carbocycles. The van der Waals surface area contributed by atoms with Crippen LogP contribution in [0.1, 0.15) is 24.8 Å². The summed E-state index contributed by atoms with van der Waals surface area (Å²) in [4.78, 5) is 26.6. The van der Waals surface area contributed by atoms with Crippen molar-refractivity contribution in [3.63, 3.8) is 0 Å². The molecule has 6 nitrogen and oxygen atoms in total. The molecule has 0 aromatic heterocycles. The van der Waals surface area contributed by atoms with Crippen molar-refractivity contribution in [3.05, 3.63) is 66.0 Å². The van der Waals surface area contributed by atoms with Crippen molar-refractivity contribution in [3.8, 4) is 0 Å². The molecule has 0 unspecified atom stereocenters. The lowest BCUT2D eigenvalue weighted by Crippen LogP contribution is -2.45. The summed E-state index contributed by atoms with van der Waals surface area (Å²) in [5.74, 6) is -0.357. The maximum Gasteiger partial charge on any atom is 0.319 e. The molecule has 2 atom stereocenters. The van der Waals surface area contributed by atoms with Crippen LogP contribution in [-0.4, -0.2) is 42.0 Å². The quantitative estimate of drug-likeness (QED) is 0.670. The van der Waals surface area contributed by atoms with Gasteiger partial charge in [0.15, 0.2) is 0 Å². The van der Waals surface area contributed by atoms with E-state index in [1.54, 1.807) is 23.1 Å². The highest BCUT2D eigenvalue weighted by Gasteiger charge is 2.29. The zero-order chi connectivity index (χ0) is 20.6. The van der Waals surface area contributed by atoms with Crippen LogP contribution < -0.4 is 16.4 Å². The summed E-state index contributed by atoms with van der Waals surface area (Å²) in [6.07, 6.45) is 2.19. The molecule has 3 rings (SSSR count). The summed E-state index contributed by atoms with van der Waals surface area (Å²) in [5.41, 5.74) is 7.33. The number of anilines is 1. The van der Waals surface area contributed by atoms with E-state index in [9.17, 15) is 14.0 Å². The number of carbonyl (C=O) groups excluding carboxylic acids is 2. The maximum atomic E-state index is 13.8. The van der Waals surface area contributed by atoms with Gasteiger partial charge in [-0.15, -0.1) is 0 Å². The fraction of sp³-hybridized carbons (Fsp3) is 0.364. The molecule has 1 aliphatic heterocycles.